The van der Waals surface area contributed by atoms with Gasteiger partial charge in [-0.15, -0.1) is 0 Å². The number of fused-ring (bicyclic) bond motifs is 1. The highest BCUT2D eigenvalue weighted by Gasteiger charge is 2.12. The maximum Gasteiger partial charge on any atom is 0.169 e. The molecular weight excluding hydrogens is 323 g/mol. The molecule has 0 radical (unpaired) electrons. The summed E-state index contributed by atoms with van der Waals surface area (Å²) in [6.07, 6.45) is 2.79. The number of rotatable bonds is 1. The number of hydrogen-bond donors (Lipinski definition) is 0. The third-order valence-corrected chi connectivity index (χ3v) is 3.23. The summed E-state index contributed by atoms with van der Waals surface area (Å²) in [6, 6.07) is 4.64. The van der Waals surface area contributed by atoms with Crippen molar-refractivity contribution in [1.82, 2.24) is 19.5 Å². The lowest BCUT2D eigenvalue weighted by Gasteiger charge is -2.05. The number of halogens is 3. The first-order valence-corrected chi connectivity index (χ1v) is 6.13. The molecule has 90 valence electrons. The molecule has 0 aliphatic rings. The van der Waals surface area contributed by atoms with Gasteiger partial charge in [0.1, 0.15) is 24.0 Å². The first kappa shape index (κ1) is 11.6. The first-order valence-electron chi connectivity index (χ1n) is 4.96. The lowest BCUT2D eigenvalue weighted by Crippen LogP contribution is -1.97. The molecule has 0 saturated heterocycles. The van der Waals surface area contributed by atoms with Crippen molar-refractivity contribution in [2.45, 2.75) is 0 Å². The van der Waals surface area contributed by atoms with Gasteiger partial charge in [-0.2, -0.15) is 0 Å². The van der Waals surface area contributed by atoms with E-state index in [1.165, 1.54) is 23.3 Å². The van der Waals surface area contributed by atoms with Gasteiger partial charge in [-0.3, -0.25) is 4.57 Å². The largest absolute Gasteiger partial charge is 0.280 e. The minimum atomic E-state index is -0.368. The third-order valence-electron chi connectivity index (χ3n) is 2.46. The Morgan fingerprint density at radius 3 is 2.89 bits per heavy atom. The van der Waals surface area contributed by atoms with Gasteiger partial charge in [0.25, 0.3) is 0 Å². The molecule has 0 unspecified atom stereocenters. The summed E-state index contributed by atoms with van der Waals surface area (Å²) in [6.45, 7) is 0. The molecule has 0 fully saturated rings. The Labute approximate surface area is 115 Å². The summed E-state index contributed by atoms with van der Waals surface area (Å²) in [4.78, 5) is 12.0. The smallest absolute Gasteiger partial charge is 0.169 e. The topological polar surface area (TPSA) is 43.6 Å². The summed E-state index contributed by atoms with van der Waals surface area (Å²) >= 11 is 9.20. The Morgan fingerprint density at radius 1 is 1.22 bits per heavy atom. The summed E-state index contributed by atoms with van der Waals surface area (Å²) in [5, 5.41) is 0.245. The zero-order valence-electron chi connectivity index (χ0n) is 8.81. The van der Waals surface area contributed by atoms with Gasteiger partial charge >= 0.3 is 0 Å². The maximum absolute atomic E-state index is 13.8. The van der Waals surface area contributed by atoms with E-state index in [1.807, 2.05) is 0 Å². The van der Waals surface area contributed by atoms with Gasteiger partial charge in [0.15, 0.2) is 10.8 Å². The van der Waals surface area contributed by atoms with Gasteiger partial charge in [0, 0.05) is 4.47 Å². The fourth-order valence-corrected chi connectivity index (χ4v) is 2.18. The van der Waals surface area contributed by atoms with Crippen molar-refractivity contribution in [2.24, 2.45) is 0 Å². The monoisotopic (exact) mass is 326 g/mol. The van der Waals surface area contributed by atoms with Crippen molar-refractivity contribution in [3.8, 4) is 5.69 Å². The Bertz CT molecular complexity index is 743. The number of hydrogen-bond acceptors (Lipinski definition) is 3. The number of benzene rings is 1. The van der Waals surface area contributed by atoms with Crippen LogP contribution in [0.4, 0.5) is 4.39 Å². The van der Waals surface area contributed by atoms with Crippen LogP contribution < -0.4 is 0 Å². The summed E-state index contributed by atoms with van der Waals surface area (Å²) in [7, 11) is 0. The Balaban J connectivity index is 2.32. The second kappa shape index (κ2) is 4.29. The van der Waals surface area contributed by atoms with Crippen LogP contribution in [0.5, 0.6) is 0 Å². The zero-order valence-corrected chi connectivity index (χ0v) is 11.2. The molecule has 4 nitrogen and oxygen atoms in total. The predicted octanol–water partition coefficient (Wildman–Crippen LogP) is 3.37. The van der Waals surface area contributed by atoms with E-state index in [4.69, 9.17) is 11.6 Å². The average Bonchev–Trinajstić information content (AvgIpc) is 2.77. The molecule has 0 saturated carbocycles. The van der Waals surface area contributed by atoms with Crippen LogP contribution in [0.1, 0.15) is 0 Å². The predicted molar refractivity (Wildman–Crippen MR) is 69.3 cm³/mol. The van der Waals surface area contributed by atoms with Crippen molar-refractivity contribution in [1.29, 1.82) is 0 Å². The van der Waals surface area contributed by atoms with E-state index in [2.05, 4.69) is 30.9 Å². The third kappa shape index (κ3) is 1.77. The Kier molecular flexibility index (Phi) is 2.76. The lowest BCUT2D eigenvalue weighted by atomic mass is 10.3. The molecule has 0 aliphatic heterocycles. The Hall–Kier alpha value is -1.53. The maximum atomic E-state index is 13.8. The van der Waals surface area contributed by atoms with E-state index in [9.17, 15) is 4.39 Å². The van der Waals surface area contributed by atoms with E-state index in [1.54, 1.807) is 12.1 Å². The van der Waals surface area contributed by atoms with Gasteiger partial charge in [-0.1, -0.05) is 27.5 Å². The van der Waals surface area contributed by atoms with E-state index in [0.29, 0.717) is 16.9 Å². The highest BCUT2D eigenvalue weighted by atomic mass is 79.9. The molecule has 2 aromatic heterocycles. The summed E-state index contributed by atoms with van der Waals surface area (Å²) < 4.78 is 16.1. The second-order valence-corrected chi connectivity index (χ2v) is 4.82. The fourth-order valence-electron chi connectivity index (χ4n) is 1.65. The highest BCUT2D eigenvalue weighted by molar-refractivity contribution is 9.10. The van der Waals surface area contributed by atoms with Gasteiger partial charge in [0.05, 0.1) is 5.69 Å². The van der Waals surface area contributed by atoms with Gasteiger partial charge in [-0.05, 0) is 18.2 Å². The molecule has 3 rings (SSSR count). The first-order chi connectivity index (χ1) is 8.66. The van der Waals surface area contributed by atoms with Crippen molar-refractivity contribution in [3.05, 3.63) is 46.3 Å². The van der Waals surface area contributed by atoms with Crippen LogP contribution in [0.3, 0.4) is 0 Å². The standard InChI is InChI=1S/C11H5BrClFN4/c12-6-1-2-7(14)8(3-6)18-5-17-9-10(13)15-4-16-11(9)18/h1-5H. The summed E-state index contributed by atoms with van der Waals surface area (Å²) in [5.74, 6) is -0.368. The molecule has 0 amide bonds. The minimum Gasteiger partial charge on any atom is -0.280 e. The zero-order chi connectivity index (χ0) is 12.7. The van der Waals surface area contributed by atoms with Gasteiger partial charge < -0.3 is 0 Å². The number of imidazole rings is 1. The molecule has 2 heterocycles. The van der Waals surface area contributed by atoms with E-state index < -0.39 is 0 Å². The van der Waals surface area contributed by atoms with E-state index >= 15 is 0 Å². The molecule has 0 bridgehead atoms. The molecule has 3 aromatic rings. The number of nitrogens with zero attached hydrogens (tertiary/aromatic N) is 4. The van der Waals surface area contributed by atoms with Gasteiger partial charge in [-0.25, -0.2) is 19.3 Å². The van der Waals surface area contributed by atoms with Crippen LogP contribution in [0.15, 0.2) is 35.3 Å². The SMILES string of the molecule is Fc1ccc(Br)cc1-n1cnc2c(Cl)ncnc21. The summed E-state index contributed by atoms with van der Waals surface area (Å²) in [5.41, 5.74) is 1.26. The molecule has 7 heteroatoms. The molecule has 0 aliphatic carbocycles. The van der Waals surface area contributed by atoms with Crippen molar-refractivity contribution < 1.29 is 4.39 Å². The average molecular weight is 328 g/mol. The van der Waals surface area contributed by atoms with Crippen LogP contribution in [-0.4, -0.2) is 19.5 Å². The molecule has 0 spiro atoms. The van der Waals surface area contributed by atoms with Crippen LogP contribution >= 0.6 is 27.5 Å². The Morgan fingerprint density at radius 2 is 2.06 bits per heavy atom. The van der Waals surface area contributed by atoms with Gasteiger partial charge in [0.2, 0.25) is 0 Å². The van der Waals surface area contributed by atoms with Crippen LogP contribution in [-0.2, 0) is 0 Å². The molecule has 0 atom stereocenters. The molecule has 1 aromatic carbocycles. The van der Waals surface area contributed by atoms with Crippen LogP contribution in [0, 0.1) is 5.82 Å². The van der Waals surface area contributed by atoms with Crippen molar-refractivity contribution in [3.63, 3.8) is 0 Å². The minimum absolute atomic E-state index is 0.245. The van der Waals surface area contributed by atoms with Crippen molar-refractivity contribution >= 4 is 38.7 Å². The quantitative estimate of drug-likeness (QED) is 0.644. The van der Waals surface area contributed by atoms with E-state index in [0.717, 1.165) is 4.47 Å². The second-order valence-electron chi connectivity index (χ2n) is 3.55. The van der Waals surface area contributed by atoms with E-state index in [-0.39, 0.29) is 11.0 Å². The van der Waals surface area contributed by atoms with Crippen LogP contribution in [0.25, 0.3) is 16.9 Å². The molecular formula is C11H5BrClFN4. The fraction of sp³-hybridized carbons (Fsp3) is 0. The molecule has 18 heavy (non-hydrogen) atoms. The van der Waals surface area contributed by atoms with Crippen LogP contribution in [0.2, 0.25) is 5.15 Å². The lowest BCUT2D eigenvalue weighted by molar-refractivity contribution is 0.618. The molecule has 0 N–H and O–H groups in total. The normalized spacial score (nSPS) is 11.1. The number of aromatic nitrogens is 4. The van der Waals surface area contributed by atoms with Crippen molar-refractivity contribution in [2.75, 3.05) is 0 Å². The highest BCUT2D eigenvalue weighted by Crippen LogP contribution is 2.24.